The average Bonchev–Trinajstić information content (AvgIpc) is 2.01. The lowest BCUT2D eigenvalue weighted by Crippen LogP contribution is -2.36. The highest BCUT2D eigenvalue weighted by atomic mass is 16.4. The van der Waals surface area contributed by atoms with E-state index >= 15 is 0 Å². The molecule has 4 N–H and O–H groups in total. The van der Waals surface area contributed by atoms with Crippen molar-refractivity contribution in [2.75, 3.05) is 6.54 Å². The second-order valence-electron chi connectivity index (χ2n) is 3.90. The topological polar surface area (TPSA) is 70.6 Å². The molecule has 1 aliphatic carbocycles. The van der Waals surface area contributed by atoms with Gasteiger partial charge in [0.2, 0.25) is 0 Å². The van der Waals surface area contributed by atoms with Crippen molar-refractivity contribution < 1.29 is 5.21 Å². The number of hydrogen-bond donors (Lipinski definition) is 3. The molecule has 0 radical (unpaired) electrons. The van der Waals surface area contributed by atoms with Gasteiger partial charge in [0.05, 0.1) is 0 Å². The maximum atomic E-state index is 8.35. The molecule has 1 fully saturated rings. The summed E-state index contributed by atoms with van der Waals surface area (Å²) in [5.74, 6) is 1.16. The molecule has 4 nitrogen and oxygen atoms in total. The average molecular weight is 185 g/mol. The van der Waals surface area contributed by atoms with Crippen LogP contribution in [0.2, 0.25) is 0 Å². The molecule has 4 heteroatoms. The number of rotatable bonds is 5. The first-order valence-electron chi connectivity index (χ1n) is 4.92. The van der Waals surface area contributed by atoms with E-state index in [4.69, 9.17) is 10.9 Å². The molecular formula is C9H19N3O. The molecule has 1 atom stereocenters. The Bertz CT molecular complexity index is 178. The van der Waals surface area contributed by atoms with Crippen molar-refractivity contribution in [1.82, 2.24) is 5.32 Å². The lowest BCUT2D eigenvalue weighted by atomic mass is 9.85. The fraction of sp³-hybridized carbons (Fsp3) is 0.889. The summed E-state index contributed by atoms with van der Waals surface area (Å²) in [6, 6.07) is 0.302. The molecule has 13 heavy (non-hydrogen) atoms. The van der Waals surface area contributed by atoms with Gasteiger partial charge >= 0.3 is 0 Å². The van der Waals surface area contributed by atoms with Crippen LogP contribution in [-0.2, 0) is 0 Å². The van der Waals surface area contributed by atoms with Crippen molar-refractivity contribution in [3.8, 4) is 0 Å². The first kappa shape index (κ1) is 10.3. The van der Waals surface area contributed by atoms with Crippen molar-refractivity contribution in [1.29, 1.82) is 0 Å². The first-order chi connectivity index (χ1) is 6.22. The third-order valence-corrected chi connectivity index (χ3v) is 2.62. The van der Waals surface area contributed by atoms with Crippen molar-refractivity contribution in [2.24, 2.45) is 16.8 Å². The summed E-state index contributed by atoms with van der Waals surface area (Å²) in [7, 11) is 0. The molecule has 0 aromatic rings. The quantitative estimate of drug-likeness (QED) is 0.258. The summed E-state index contributed by atoms with van der Waals surface area (Å²) < 4.78 is 0. The minimum absolute atomic E-state index is 0.300. The van der Waals surface area contributed by atoms with Crippen LogP contribution in [0.3, 0.4) is 0 Å². The van der Waals surface area contributed by atoms with E-state index in [0.29, 0.717) is 18.3 Å². The van der Waals surface area contributed by atoms with Gasteiger partial charge in [0.15, 0.2) is 0 Å². The zero-order chi connectivity index (χ0) is 9.68. The van der Waals surface area contributed by atoms with E-state index in [9.17, 15) is 0 Å². The Morgan fingerprint density at radius 2 is 2.38 bits per heavy atom. The van der Waals surface area contributed by atoms with E-state index in [-0.39, 0.29) is 0 Å². The molecule has 0 amide bonds. The van der Waals surface area contributed by atoms with Gasteiger partial charge in [-0.3, -0.25) is 0 Å². The zero-order valence-electron chi connectivity index (χ0n) is 8.16. The highest BCUT2D eigenvalue weighted by Crippen LogP contribution is 2.25. The highest BCUT2D eigenvalue weighted by Gasteiger charge is 2.17. The highest BCUT2D eigenvalue weighted by molar-refractivity contribution is 5.80. The maximum Gasteiger partial charge on any atom is 0.140 e. The SMILES string of the molecule is CC(CC(N)=NO)NCC1CCC1. The molecule has 0 spiro atoms. The summed E-state index contributed by atoms with van der Waals surface area (Å²) in [6.07, 6.45) is 4.69. The number of amidine groups is 1. The standard InChI is InChI=1S/C9H19N3O/c1-7(5-9(10)12-13)11-6-8-3-2-4-8/h7-8,11,13H,2-6H2,1H3,(H2,10,12). The van der Waals surface area contributed by atoms with Gasteiger partial charge in [0, 0.05) is 12.5 Å². The number of hydrogen-bond acceptors (Lipinski definition) is 3. The Balaban J connectivity index is 2.06. The molecule has 1 unspecified atom stereocenters. The molecule has 1 rings (SSSR count). The predicted octanol–water partition coefficient (Wildman–Crippen LogP) is 0.901. The molecule has 0 heterocycles. The van der Waals surface area contributed by atoms with E-state index < -0.39 is 0 Å². The molecule has 76 valence electrons. The number of nitrogens with one attached hydrogen (secondary N) is 1. The van der Waals surface area contributed by atoms with Crippen LogP contribution in [0.15, 0.2) is 5.16 Å². The second kappa shape index (κ2) is 5.07. The number of nitrogens with two attached hydrogens (primary N) is 1. The van der Waals surface area contributed by atoms with Gasteiger partial charge in [-0.1, -0.05) is 11.6 Å². The van der Waals surface area contributed by atoms with Crippen LogP contribution in [0.4, 0.5) is 0 Å². The van der Waals surface area contributed by atoms with Crippen LogP contribution in [0.5, 0.6) is 0 Å². The molecule has 0 aliphatic heterocycles. The molecule has 0 saturated heterocycles. The van der Waals surface area contributed by atoms with Crippen LogP contribution in [-0.4, -0.2) is 23.6 Å². The van der Waals surface area contributed by atoms with Crippen molar-refractivity contribution >= 4 is 5.84 Å². The smallest absolute Gasteiger partial charge is 0.140 e. The molecule has 0 aromatic heterocycles. The lowest BCUT2D eigenvalue weighted by Gasteiger charge is -2.27. The fourth-order valence-corrected chi connectivity index (χ4v) is 1.49. The summed E-state index contributed by atoms with van der Waals surface area (Å²) >= 11 is 0. The fourth-order valence-electron chi connectivity index (χ4n) is 1.49. The predicted molar refractivity (Wildman–Crippen MR) is 52.8 cm³/mol. The number of nitrogens with zero attached hydrogens (tertiary/aromatic N) is 1. The van der Waals surface area contributed by atoms with E-state index in [0.717, 1.165) is 12.5 Å². The van der Waals surface area contributed by atoms with Gasteiger partial charge in [-0.05, 0) is 32.2 Å². The Kier molecular flexibility index (Phi) is 4.02. The molecule has 1 aliphatic rings. The van der Waals surface area contributed by atoms with Crippen LogP contribution >= 0.6 is 0 Å². The van der Waals surface area contributed by atoms with Gasteiger partial charge in [-0.15, -0.1) is 0 Å². The summed E-state index contributed by atoms with van der Waals surface area (Å²) in [5, 5.41) is 14.7. The van der Waals surface area contributed by atoms with Gasteiger partial charge < -0.3 is 16.3 Å². The molecule has 0 aromatic carbocycles. The van der Waals surface area contributed by atoms with E-state index in [1.165, 1.54) is 19.3 Å². The van der Waals surface area contributed by atoms with Crippen molar-refractivity contribution in [3.05, 3.63) is 0 Å². The van der Waals surface area contributed by atoms with Crippen LogP contribution < -0.4 is 11.1 Å². The third kappa shape index (κ3) is 3.63. The molecule has 1 saturated carbocycles. The lowest BCUT2D eigenvalue weighted by molar-refractivity contribution is 0.290. The van der Waals surface area contributed by atoms with E-state index in [1.54, 1.807) is 0 Å². The summed E-state index contributed by atoms with van der Waals surface area (Å²) in [4.78, 5) is 0. The minimum Gasteiger partial charge on any atom is -0.409 e. The Morgan fingerprint density at radius 1 is 1.69 bits per heavy atom. The van der Waals surface area contributed by atoms with Gasteiger partial charge in [-0.25, -0.2) is 0 Å². The normalized spacial score (nSPS) is 21.2. The van der Waals surface area contributed by atoms with Gasteiger partial charge in [-0.2, -0.15) is 0 Å². The Hall–Kier alpha value is -0.770. The molecular weight excluding hydrogens is 166 g/mol. The minimum atomic E-state index is 0.300. The van der Waals surface area contributed by atoms with Gasteiger partial charge in [0.25, 0.3) is 0 Å². The number of oxime groups is 1. The Morgan fingerprint density at radius 3 is 2.85 bits per heavy atom. The monoisotopic (exact) mass is 185 g/mol. The second-order valence-corrected chi connectivity index (χ2v) is 3.90. The van der Waals surface area contributed by atoms with E-state index in [1.807, 2.05) is 0 Å². The maximum absolute atomic E-state index is 8.35. The largest absolute Gasteiger partial charge is 0.409 e. The van der Waals surface area contributed by atoms with Crippen molar-refractivity contribution in [3.63, 3.8) is 0 Å². The Labute approximate surface area is 79.2 Å². The van der Waals surface area contributed by atoms with Crippen LogP contribution in [0.1, 0.15) is 32.6 Å². The summed E-state index contributed by atoms with van der Waals surface area (Å²) in [5.41, 5.74) is 5.39. The zero-order valence-corrected chi connectivity index (χ0v) is 8.16. The van der Waals surface area contributed by atoms with Gasteiger partial charge in [0.1, 0.15) is 5.84 Å². The van der Waals surface area contributed by atoms with Crippen molar-refractivity contribution in [2.45, 2.75) is 38.6 Å². The first-order valence-corrected chi connectivity index (χ1v) is 4.92. The van der Waals surface area contributed by atoms with E-state index in [2.05, 4.69) is 17.4 Å². The van der Waals surface area contributed by atoms with Crippen LogP contribution in [0.25, 0.3) is 0 Å². The third-order valence-electron chi connectivity index (χ3n) is 2.62. The summed E-state index contributed by atoms with van der Waals surface area (Å²) in [6.45, 7) is 3.12. The molecule has 0 bridgehead atoms. The van der Waals surface area contributed by atoms with Crippen LogP contribution in [0, 0.1) is 5.92 Å².